The van der Waals surface area contributed by atoms with Crippen molar-refractivity contribution in [3.8, 4) is 0 Å². The van der Waals surface area contributed by atoms with E-state index in [1.165, 1.54) is 0 Å². The van der Waals surface area contributed by atoms with E-state index in [0.29, 0.717) is 5.56 Å². The average molecular weight is 239 g/mol. The molecule has 1 aliphatic heterocycles. The van der Waals surface area contributed by atoms with Crippen molar-refractivity contribution >= 4 is 10.1 Å². The molecule has 0 radical (unpaired) electrons. The van der Waals surface area contributed by atoms with Crippen molar-refractivity contribution in [2.75, 3.05) is 0 Å². The minimum absolute atomic E-state index is 0.423. The number of benzene rings is 1. The summed E-state index contributed by atoms with van der Waals surface area (Å²) in [7, 11) is -4.13. The summed E-state index contributed by atoms with van der Waals surface area (Å²) in [5.41, 5.74) is 0.530. The molecular weight excluding hydrogens is 226 g/mol. The van der Waals surface area contributed by atoms with Crippen molar-refractivity contribution < 1.29 is 18.3 Å². The molecule has 16 heavy (non-hydrogen) atoms. The van der Waals surface area contributed by atoms with Crippen molar-refractivity contribution in [1.82, 2.24) is 0 Å². The molecule has 1 aromatic rings. The van der Waals surface area contributed by atoms with Gasteiger partial charge in [0.15, 0.2) is 0 Å². The van der Waals surface area contributed by atoms with Crippen molar-refractivity contribution in [3.63, 3.8) is 0 Å². The predicted molar refractivity (Wildman–Crippen MR) is 60.0 cm³/mol. The van der Waals surface area contributed by atoms with Crippen LogP contribution in [0.5, 0.6) is 0 Å². The maximum Gasteiger partial charge on any atom is 0.0988 e. The van der Waals surface area contributed by atoms with E-state index >= 15 is 0 Å². The van der Waals surface area contributed by atoms with Crippen molar-refractivity contribution in [3.05, 3.63) is 60.4 Å². The van der Waals surface area contributed by atoms with E-state index in [2.05, 4.69) is 0 Å². The molecule has 5 heteroatoms. The summed E-state index contributed by atoms with van der Waals surface area (Å²) in [5, 5.41) is 2.00. The van der Waals surface area contributed by atoms with E-state index in [9.17, 15) is 13.0 Å². The fourth-order valence-corrected chi connectivity index (χ4v) is 1.70. The lowest BCUT2D eigenvalue weighted by atomic mass is 10.2. The lowest BCUT2D eigenvalue weighted by Gasteiger charge is -2.05. The summed E-state index contributed by atoms with van der Waals surface area (Å²) >= 11 is 0. The summed E-state index contributed by atoms with van der Waals surface area (Å²) in [6, 6.07) is 8.37. The first-order chi connectivity index (χ1) is 7.58. The van der Waals surface area contributed by atoms with Gasteiger partial charge in [0.05, 0.1) is 28.3 Å². The Bertz CT molecular complexity index is 453. The first-order valence-corrected chi connectivity index (χ1v) is 6.30. The third-order valence-corrected chi connectivity index (χ3v) is 2.43. The second-order valence-corrected chi connectivity index (χ2v) is 4.55. The first-order valence-electron chi connectivity index (χ1n) is 4.72. The zero-order valence-corrected chi connectivity index (χ0v) is 9.43. The minimum atomic E-state index is -4.13. The Morgan fingerprint density at radius 1 is 1.06 bits per heavy atom. The van der Waals surface area contributed by atoms with Crippen LogP contribution in [0.15, 0.2) is 54.9 Å². The second-order valence-electron chi connectivity index (χ2n) is 3.15. The van der Waals surface area contributed by atoms with Crippen LogP contribution in [0.2, 0.25) is 0 Å². The summed E-state index contributed by atoms with van der Waals surface area (Å²) < 4.78 is 30.7. The van der Waals surface area contributed by atoms with Crippen LogP contribution in [-0.4, -0.2) is 13.0 Å². The van der Waals surface area contributed by atoms with Crippen LogP contribution in [-0.2, 0) is 15.9 Å². The molecule has 0 aliphatic carbocycles. The molecule has 2 rings (SSSR count). The summed E-state index contributed by atoms with van der Waals surface area (Å²) in [6.07, 6.45) is 8.00. The number of allylic oxidation sites excluding steroid dienone is 2. The number of rotatable bonds is 2. The Kier molecular flexibility index (Phi) is 4.91. The predicted octanol–water partition coefficient (Wildman–Crippen LogP) is 0.323. The Labute approximate surface area is 95.1 Å². The van der Waals surface area contributed by atoms with Gasteiger partial charge in [0, 0.05) is 0 Å². The van der Waals surface area contributed by atoms with Gasteiger partial charge in [-0.25, -0.2) is 8.42 Å². The zero-order chi connectivity index (χ0) is 11.9. The van der Waals surface area contributed by atoms with Gasteiger partial charge >= 0.3 is 0 Å². The average Bonchev–Trinajstić information content (AvgIpc) is 2.74. The van der Waals surface area contributed by atoms with E-state index < -0.39 is 15.9 Å². The molecule has 0 aromatic heterocycles. The molecule has 0 saturated carbocycles. The second kappa shape index (κ2) is 6.22. The van der Waals surface area contributed by atoms with Crippen LogP contribution < -0.4 is 5.32 Å². The van der Waals surface area contributed by atoms with Gasteiger partial charge in [-0.15, -0.1) is 0 Å². The van der Waals surface area contributed by atoms with Crippen molar-refractivity contribution in [1.29, 1.82) is 0 Å². The molecule has 0 atom stereocenters. The van der Waals surface area contributed by atoms with Gasteiger partial charge in [0.1, 0.15) is 0 Å². The van der Waals surface area contributed by atoms with Gasteiger partial charge in [0.25, 0.3) is 0 Å². The third-order valence-electron chi connectivity index (χ3n) is 1.74. The molecule has 1 heterocycles. The molecule has 0 bridgehead atoms. The highest BCUT2D eigenvalue weighted by Gasteiger charge is 1.95. The molecular formula is C11H13NO3S. The monoisotopic (exact) mass is 239 g/mol. The molecule has 4 nitrogen and oxygen atoms in total. The lowest BCUT2D eigenvalue weighted by molar-refractivity contribution is -0.510. The molecule has 0 spiro atoms. The Hall–Kier alpha value is -1.43. The van der Waals surface area contributed by atoms with Crippen LogP contribution in [0.3, 0.4) is 0 Å². The summed E-state index contributed by atoms with van der Waals surface area (Å²) in [5.74, 6) is -0.423. The van der Waals surface area contributed by atoms with Crippen LogP contribution >= 0.6 is 0 Å². The van der Waals surface area contributed by atoms with Crippen molar-refractivity contribution in [2.45, 2.75) is 5.75 Å². The van der Waals surface area contributed by atoms with Crippen LogP contribution in [0.4, 0.5) is 0 Å². The molecule has 86 valence electrons. The molecule has 0 saturated heterocycles. The standard InChI is InChI=1S/C7H8O3S.C4H5N/c8-11(9,10)6-7-4-2-1-3-5-7;1-2-4-5-3-1/h1-5H,6H2,(H,8,9,10);1-5H. The van der Waals surface area contributed by atoms with Gasteiger partial charge in [-0.05, 0) is 17.7 Å². The van der Waals surface area contributed by atoms with Crippen LogP contribution in [0, 0.1) is 0 Å². The Balaban J connectivity index is 0.000000212. The number of quaternary nitrogens is 1. The minimum Gasteiger partial charge on any atom is -0.748 e. The van der Waals surface area contributed by atoms with Crippen molar-refractivity contribution in [2.24, 2.45) is 0 Å². The lowest BCUT2D eigenvalue weighted by Crippen LogP contribution is -2.69. The molecule has 0 amide bonds. The molecule has 1 aliphatic rings. The van der Waals surface area contributed by atoms with Crippen LogP contribution in [0.25, 0.3) is 0 Å². The highest BCUT2D eigenvalue weighted by Crippen LogP contribution is 2.02. The fourth-order valence-electron chi connectivity index (χ4n) is 1.10. The van der Waals surface area contributed by atoms with Gasteiger partial charge in [-0.2, -0.15) is 0 Å². The van der Waals surface area contributed by atoms with Crippen LogP contribution in [0.1, 0.15) is 5.56 Å². The van der Waals surface area contributed by atoms with E-state index in [1.54, 1.807) is 30.3 Å². The van der Waals surface area contributed by atoms with Gasteiger partial charge in [0.2, 0.25) is 0 Å². The summed E-state index contributed by atoms with van der Waals surface area (Å²) in [6.45, 7) is 0. The van der Waals surface area contributed by atoms with E-state index in [4.69, 9.17) is 0 Å². The number of hydrogen-bond donors (Lipinski definition) is 1. The molecule has 0 unspecified atom stereocenters. The Morgan fingerprint density at radius 3 is 2.00 bits per heavy atom. The third kappa shape index (κ3) is 6.13. The maximum absolute atomic E-state index is 10.2. The topological polar surface area (TPSA) is 73.8 Å². The van der Waals surface area contributed by atoms with Gasteiger partial charge in [-0.1, -0.05) is 30.3 Å². The highest BCUT2D eigenvalue weighted by molar-refractivity contribution is 7.84. The SMILES string of the molecule is C1=C[NH2+]C=C1.O=S(=O)([O-])Cc1ccccc1. The van der Waals surface area contributed by atoms with E-state index in [-0.39, 0.29) is 0 Å². The highest BCUT2D eigenvalue weighted by atomic mass is 32.2. The van der Waals surface area contributed by atoms with Gasteiger partial charge < -0.3 is 4.55 Å². The fraction of sp³-hybridized carbons (Fsp3) is 0.0909. The normalized spacial score (nSPS) is 13.3. The van der Waals surface area contributed by atoms with E-state index in [1.807, 2.05) is 29.9 Å². The summed E-state index contributed by atoms with van der Waals surface area (Å²) in [4.78, 5) is 0. The van der Waals surface area contributed by atoms with E-state index in [0.717, 1.165) is 0 Å². The quantitative estimate of drug-likeness (QED) is 0.755. The number of nitrogens with two attached hydrogens (primary N) is 1. The largest absolute Gasteiger partial charge is 0.748 e. The van der Waals surface area contributed by atoms with Gasteiger partial charge in [-0.3, -0.25) is 5.32 Å². The molecule has 2 N–H and O–H groups in total. The molecule has 0 fully saturated rings. The Morgan fingerprint density at radius 2 is 1.62 bits per heavy atom. The smallest absolute Gasteiger partial charge is 0.0988 e. The first kappa shape index (κ1) is 12.6. The maximum atomic E-state index is 10.2. The zero-order valence-electron chi connectivity index (χ0n) is 8.61. The molecule has 1 aromatic carbocycles. The number of hydrogen-bond acceptors (Lipinski definition) is 3.